The molecule has 0 aliphatic carbocycles. The molecule has 34 heavy (non-hydrogen) atoms. The van der Waals surface area contributed by atoms with Crippen LogP contribution in [0.2, 0.25) is 0 Å². The van der Waals surface area contributed by atoms with E-state index in [1.807, 2.05) is 6.07 Å². The third-order valence-electron chi connectivity index (χ3n) is 5.42. The van der Waals surface area contributed by atoms with Crippen molar-refractivity contribution in [1.82, 2.24) is 14.3 Å². The Bertz CT molecular complexity index is 1400. The van der Waals surface area contributed by atoms with Gasteiger partial charge in [0, 0.05) is 24.7 Å². The maximum atomic E-state index is 15.0. The summed E-state index contributed by atoms with van der Waals surface area (Å²) in [7, 11) is -2.58. The van der Waals surface area contributed by atoms with Crippen molar-refractivity contribution in [2.24, 2.45) is 0 Å². The Hall–Kier alpha value is -3.66. The fraction of sp³-hybridized carbons (Fsp3) is 0.120. The quantitative estimate of drug-likeness (QED) is 0.417. The Morgan fingerprint density at radius 2 is 1.68 bits per heavy atom. The molecule has 0 spiro atoms. The second kappa shape index (κ2) is 9.68. The third kappa shape index (κ3) is 4.81. The number of benzene rings is 3. The van der Waals surface area contributed by atoms with E-state index in [1.54, 1.807) is 48.5 Å². The predicted octanol–water partition coefficient (Wildman–Crippen LogP) is 3.89. The lowest BCUT2D eigenvalue weighted by Gasteiger charge is -2.22. The summed E-state index contributed by atoms with van der Waals surface area (Å²) in [4.78, 5) is 8.03. The van der Waals surface area contributed by atoms with Crippen LogP contribution < -0.4 is 5.73 Å². The van der Waals surface area contributed by atoms with Crippen LogP contribution in [0.1, 0.15) is 11.7 Å². The number of rotatable bonds is 7. The topological polar surface area (TPSA) is 109 Å². The molecule has 0 saturated heterocycles. The van der Waals surface area contributed by atoms with Crippen LogP contribution in [-0.2, 0) is 10.0 Å². The van der Waals surface area contributed by atoms with Gasteiger partial charge in [0.15, 0.2) is 0 Å². The van der Waals surface area contributed by atoms with Gasteiger partial charge < -0.3 is 10.8 Å². The molecule has 9 heteroatoms. The van der Waals surface area contributed by atoms with Crippen LogP contribution in [0, 0.1) is 5.82 Å². The Morgan fingerprint density at radius 1 is 0.971 bits per heavy atom. The summed E-state index contributed by atoms with van der Waals surface area (Å²) < 4.78 is 42.9. The predicted molar refractivity (Wildman–Crippen MR) is 128 cm³/mol. The maximum absolute atomic E-state index is 15.0. The molecular formula is C25H23FN4O3S. The van der Waals surface area contributed by atoms with Gasteiger partial charge in [-0.1, -0.05) is 54.6 Å². The summed E-state index contributed by atoms with van der Waals surface area (Å²) in [6.45, 7) is -0.135. The maximum Gasteiger partial charge on any atom is 0.243 e. The van der Waals surface area contributed by atoms with Crippen molar-refractivity contribution in [3.05, 3.63) is 96.6 Å². The number of hydrogen-bond acceptors (Lipinski definition) is 6. The highest BCUT2D eigenvalue weighted by atomic mass is 32.2. The average Bonchev–Trinajstić information content (AvgIpc) is 2.85. The van der Waals surface area contributed by atoms with Crippen LogP contribution >= 0.6 is 0 Å². The first kappa shape index (κ1) is 23.5. The van der Waals surface area contributed by atoms with E-state index in [-0.39, 0.29) is 22.8 Å². The van der Waals surface area contributed by atoms with Gasteiger partial charge in [0.2, 0.25) is 10.0 Å². The Kier molecular flexibility index (Phi) is 6.69. The molecule has 0 saturated carbocycles. The standard InChI is InChI=1S/C25H23FN4O3S/c1-30(16-23(31)17-7-3-2-4-8-17)34(32,33)24-10-6-5-9-19(24)18-11-12-20(21(26)13-18)22-14-29-25(27)15-28-22/h2-15,23,31H,16H2,1H3,(H2,27,29)/t23-/m1/s1. The van der Waals surface area contributed by atoms with Crippen LogP contribution in [-0.4, -0.2) is 41.4 Å². The van der Waals surface area contributed by atoms with Crippen molar-refractivity contribution >= 4 is 15.8 Å². The molecule has 4 aromatic rings. The van der Waals surface area contributed by atoms with Gasteiger partial charge in [0.1, 0.15) is 11.6 Å². The molecule has 0 fully saturated rings. The van der Waals surface area contributed by atoms with Crippen molar-refractivity contribution in [3.8, 4) is 22.4 Å². The van der Waals surface area contributed by atoms with Crippen molar-refractivity contribution < 1.29 is 17.9 Å². The van der Waals surface area contributed by atoms with Gasteiger partial charge >= 0.3 is 0 Å². The van der Waals surface area contributed by atoms with Gasteiger partial charge in [-0.3, -0.25) is 4.98 Å². The lowest BCUT2D eigenvalue weighted by atomic mass is 10.0. The molecule has 0 aliphatic heterocycles. The van der Waals surface area contributed by atoms with Gasteiger partial charge in [-0.15, -0.1) is 0 Å². The van der Waals surface area contributed by atoms with Gasteiger partial charge in [-0.05, 0) is 29.3 Å². The van der Waals surface area contributed by atoms with Crippen LogP contribution in [0.5, 0.6) is 0 Å². The van der Waals surface area contributed by atoms with E-state index in [9.17, 15) is 17.9 Å². The summed E-state index contributed by atoms with van der Waals surface area (Å²) >= 11 is 0. The minimum absolute atomic E-state index is 0.0113. The first-order valence-corrected chi connectivity index (χ1v) is 11.9. The largest absolute Gasteiger partial charge is 0.387 e. The smallest absolute Gasteiger partial charge is 0.243 e. The highest BCUT2D eigenvalue weighted by Gasteiger charge is 2.26. The van der Waals surface area contributed by atoms with Crippen molar-refractivity contribution in [2.75, 3.05) is 19.3 Å². The zero-order chi connectivity index (χ0) is 24.3. The van der Waals surface area contributed by atoms with E-state index in [0.29, 0.717) is 22.4 Å². The van der Waals surface area contributed by atoms with E-state index in [4.69, 9.17) is 5.73 Å². The molecule has 0 unspecified atom stereocenters. The Morgan fingerprint density at radius 3 is 2.35 bits per heavy atom. The Labute approximate surface area is 197 Å². The number of hydrogen-bond donors (Lipinski definition) is 2. The number of sulfonamides is 1. The Balaban J connectivity index is 1.66. The van der Waals surface area contributed by atoms with Crippen LogP contribution in [0.15, 0.2) is 90.1 Å². The molecule has 1 atom stereocenters. The number of likely N-dealkylation sites (N-methyl/N-ethyl adjacent to an activating group) is 1. The summed E-state index contributed by atoms with van der Waals surface area (Å²) in [6, 6.07) is 19.6. The van der Waals surface area contributed by atoms with Crippen LogP contribution in [0.25, 0.3) is 22.4 Å². The monoisotopic (exact) mass is 478 g/mol. The molecule has 7 nitrogen and oxygen atoms in total. The number of nitrogens with two attached hydrogens (primary N) is 1. The molecule has 1 heterocycles. The minimum Gasteiger partial charge on any atom is -0.387 e. The number of aliphatic hydroxyl groups is 1. The molecule has 4 rings (SSSR count). The second-order valence-electron chi connectivity index (χ2n) is 7.73. The number of anilines is 1. The fourth-order valence-corrected chi connectivity index (χ4v) is 4.98. The molecule has 174 valence electrons. The van der Waals surface area contributed by atoms with Crippen LogP contribution in [0.4, 0.5) is 10.2 Å². The molecule has 3 aromatic carbocycles. The first-order chi connectivity index (χ1) is 16.3. The highest BCUT2D eigenvalue weighted by Crippen LogP contribution is 2.32. The van der Waals surface area contributed by atoms with E-state index in [2.05, 4.69) is 9.97 Å². The van der Waals surface area contributed by atoms with Crippen molar-refractivity contribution in [2.45, 2.75) is 11.0 Å². The number of nitrogen functional groups attached to an aromatic ring is 1. The molecule has 3 N–H and O–H groups in total. The number of aromatic nitrogens is 2. The second-order valence-corrected chi connectivity index (χ2v) is 9.74. The molecule has 0 aliphatic rings. The molecular weight excluding hydrogens is 455 g/mol. The summed E-state index contributed by atoms with van der Waals surface area (Å²) in [5.74, 6) is -0.349. The SMILES string of the molecule is CN(C[C@@H](O)c1ccccc1)S(=O)(=O)c1ccccc1-c1ccc(-c2cnc(N)cn2)c(F)c1. The molecule has 0 radical (unpaired) electrons. The van der Waals surface area contributed by atoms with Crippen LogP contribution in [0.3, 0.4) is 0 Å². The lowest BCUT2D eigenvalue weighted by molar-refractivity contribution is 0.155. The zero-order valence-corrected chi connectivity index (χ0v) is 19.2. The van der Waals surface area contributed by atoms with Crippen molar-refractivity contribution in [1.29, 1.82) is 0 Å². The van der Waals surface area contributed by atoms with Gasteiger partial charge in [-0.25, -0.2) is 17.8 Å². The highest BCUT2D eigenvalue weighted by molar-refractivity contribution is 7.89. The zero-order valence-electron chi connectivity index (χ0n) is 18.3. The third-order valence-corrected chi connectivity index (χ3v) is 7.30. The number of aliphatic hydroxyl groups excluding tert-OH is 1. The first-order valence-electron chi connectivity index (χ1n) is 10.4. The fourth-order valence-electron chi connectivity index (χ4n) is 3.59. The average molecular weight is 479 g/mol. The summed E-state index contributed by atoms with van der Waals surface area (Å²) in [5, 5.41) is 10.5. The van der Waals surface area contributed by atoms with E-state index in [1.165, 1.54) is 37.6 Å². The minimum atomic E-state index is -3.99. The molecule has 1 aromatic heterocycles. The van der Waals surface area contributed by atoms with E-state index < -0.39 is 21.9 Å². The van der Waals surface area contributed by atoms with E-state index >= 15 is 0 Å². The van der Waals surface area contributed by atoms with Gasteiger partial charge in [0.05, 0.1) is 29.1 Å². The summed E-state index contributed by atoms with van der Waals surface area (Å²) in [6.07, 6.45) is 1.72. The number of nitrogens with zero attached hydrogens (tertiary/aromatic N) is 3. The van der Waals surface area contributed by atoms with Gasteiger partial charge in [-0.2, -0.15) is 4.31 Å². The van der Waals surface area contributed by atoms with Gasteiger partial charge in [0.25, 0.3) is 0 Å². The molecule has 0 bridgehead atoms. The molecule has 0 amide bonds. The number of halogens is 1. The normalized spacial score (nSPS) is 12.6. The van der Waals surface area contributed by atoms with Crippen molar-refractivity contribution in [3.63, 3.8) is 0 Å². The summed E-state index contributed by atoms with van der Waals surface area (Å²) in [5.41, 5.74) is 7.43. The lowest BCUT2D eigenvalue weighted by Crippen LogP contribution is -2.31. The van der Waals surface area contributed by atoms with E-state index in [0.717, 1.165) is 4.31 Å².